The zero-order valence-corrected chi connectivity index (χ0v) is 29.1. The lowest BCUT2D eigenvalue weighted by Crippen LogP contribution is -2.36. The summed E-state index contributed by atoms with van der Waals surface area (Å²) in [5.41, 5.74) is 9.60. The van der Waals surface area contributed by atoms with Crippen molar-refractivity contribution >= 4 is 41.3 Å². The normalized spacial score (nSPS) is 14.2. The summed E-state index contributed by atoms with van der Waals surface area (Å²) in [5.74, 6) is 2.86. The molecule has 1 heterocycles. The van der Waals surface area contributed by atoms with Crippen LogP contribution in [-0.4, -0.2) is 34.8 Å². The van der Waals surface area contributed by atoms with Gasteiger partial charge in [-0.05, 0) is 84.5 Å². The van der Waals surface area contributed by atoms with E-state index in [1.165, 1.54) is 17.4 Å². The van der Waals surface area contributed by atoms with Gasteiger partial charge >= 0.3 is 0 Å². The molecule has 5 heteroatoms. The fourth-order valence-electron chi connectivity index (χ4n) is 5.32. The van der Waals surface area contributed by atoms with E-state index in [1.807, 2.05) is 19.1 Å². The molecule has 0 amide bonds. The summed E-state index contributed by atoms with van der Waals surface area (Å²) >= 11 is 0. The van der Waals surface area contributed by atoms with Gasteiger partial charge in [0.15, 0.2) is 0 Å². The maximum Gasteiger partial charge on any atom is 0.115 e. The van der Waals surface area contributed by atoms with Crippen molar-refractivity contribution in [3.63, 3.8) is 0 Å². The maximum atomic E-state index is 7.55. The fourth-order valence-corrected chi connectivity index (χ4v) is 5.32. The Morgan fingerprint density at radius 2 is 1.70 bits per heavy atom. The molecule has 0 fully saturated rings. The first-order valence-electron chi connectivity index (χ1n) is 16.0. The SMILES string of the molecule is C#CC/C=c1\c(=C(/C)N(CN=C(/C=C\N=C)/C(C)=C/C=C(/C)CC(=C)C(C)C=N)C(C)=C(C)C)n(-c2ccccc2)c2ccccc12. The Morgan fingerprint density at radius 3 is 2.34 bits per heavy atom. The van der Waals surface area contributed by atoms with Crippen LogP contribution >= 0.6 is 0 Å². The molecule has 0 saturated carbocycles. The minimum Gasteiger partial charge on any atom is -0.327 e. The van der Waals surface area contributed by atoms with Crippen molar-refractivity contribution in [3.8, 4) is 18.0 Å². The molecule has 1 N–H and O–H groups in total. The number of aromatic nitrogens is 1. The number of nitrogens with zero attached hydrogens (tertiary/aromatic N) is 4. The lowest BCUT2D eigenvalue weighted by molar-refractivity contribution is 0.489. The third-order valence-corrected chi connectivity index (χ3v) is 8.37. The van der Waals surface area contributed by atoms with E-state index in [9.17, 15) is 0 Å². The van der Waals surface area contributed by atoms with E-state index in [0.29, 0.717) is 13.1 Å². The van der Waals surface area contributed by atoms with Crippen molar-refractivity contribution in [2.24, 2.45) is 15.9 Å². The predicted octanol–water partition coefficient (Wildman–Crippen LogP) is 8.92. The summed E-state index contributed by atoms with van der Waals surface area (Å²) in [5, 5.41) is 10.9. The number of benzene rings is 2. The van der Waals surface area contributed by atoms with Crippen LogP contribution in [0, 0.1) is 23.7 Å². The van der Waals surface area contributed by atoms with Gasteiger partial charge in [-0.2, -0.15) is 0 Å². The van der Waals surface area contributed by atoms with Gasteiger partial charge in [0.25, 0.3) is 0 Å². The molecule has 1 unspecified atom stereocenters. The largest absolute Gasteiger partial charge is 0.327 e. The molecular weight excluding hydrogens is 574 g/mol. The van der Waals surface area contributed by atoms with Gasteiger partial charge in [0.1, 0.15) is 6.67 Å². The van der Waals surface area contributed by atoms with Crippen LogP contribution in [-0.2, 0) is 0 Å². The molecule has 5 nitrogen and oxygen atoms in total. The first-order valence-corrected chi connectivity index (χ1v) is 16.0. The van der Waals surface area contributed by atoms with Gasteiger partial charge in [-0.15, -0.1) is 12.3 Å². The minimum atomic E-state index is 0.0520. The summed E-state index contributed by atoms with van der Waals surface area (Å²) in [6.07, 6.45) is 18.4. The number of aliphatic imine (C=N–C) groups is 2. The Labute approximate surface area is 281 Å². The highest BCUT2D eigenvalue weighted by Crippen LogP contribution is 2.21. The topological polar surface area (TPSA) is 56.7 Å². The quantitative estimate of drug-likeness (QED) is 0.0829. The van der Waals surface area contributed by atoms with Crippen LogP contribution in [0.3, 0.4) is 0 Å². The van der Waals surface area contributed by atoms with E-state index in [1.54, 1.807) is 6.20 Å². The molecule has 1 aromatic heterocycles. The van der Waals surface area contributed by atoms with E-state index in [0.717, 1.165) is 61.8 Å². The lowest BCUT2D eigenvalue weighted by atomic mass is 9.97. The highest BCUT2D eigenvalue weighted by molar-refractivity contribution is 6.08. The smallest absolute Gasteiger partial charge is 0.115 e. The number of hydrogen-bond donors (Lipinski definition) is 1. The molecule has 47 heavy (non-hydrogen) atoms. The number of terminal acetylenes is 1. The predicted molar refractivity (Wildman–Crippen MR) is 206 cm³/mol. The average Bonchev–Trinajstić information content (AvgIpc) is 3.41. The van der Waals surface area contributed by atoms with Crippen LogP contribution in [0.15, 0.2) is 124 Å². The summed E-state index contributed by atoms with van der Waals surface area (Å²) in [6, 6.07) is 18.9. The molecular formula is C42H49N5. The molecule has 3 aromatic rings. The minimum absolute atomic E-state index is 0.0520. The van der Waals surface area contributed by atoms with Gasteiger partial charge in [-0.1, -0.05) is 84.8 Å². The second kappa shape index (κ2) is 17.5. The van der Waals surface area contributed by atoms with Crippen LogP contribution in [0.5, 0.6) is 0 Å². The third kappa shape index (κ3) is 9.17. The number of nitrogens with one attached hydrogen (secondary N) is 1. The summed E-state index contributed by atoms with van der Waals surface area (Å²) in [7, 11) is 0. The van der Waals surface area contributed by atoms with E-state index in [-0.39, 0.29) is 5.92 Å². The second-order valence-electron chi connectivity index (χ2n) is 12.0. The Kier molecular flexibility index (Phi) is 13.5. The highest BCUT2D eigenvalue weighted by atomic mass is 15.2. The van der Waals surface area contributed by atoms with Gasteiger partial charge in [-0.3, -0.25) is 9.98 Å². The van der Waals surface area contributed by atoms with E-state index >= 15 is 0 Å². The Hall–Kier alpha value is -5.21. The number of para-hydroxylation sites is 2. The lowest BCUT2D eigenvalue weighted by Gasteiger charge is -2.26. The summed E-state index contributed by atoms with van der Waals surface area (Å²) in [4.78, 5) is 11.4. The van der Waals surface area contributed by atoms with Crippen molar-refractivity contribution in [2.75, 3.05) is 6.67 Å². The molecule has 1 atom stereocenters. The highest BCUT2D eigenvalue weighted by Gasteiger charge is 2.17. The summed E-state index contributed by atoms with van der Waals surface area (Å²) < 4.78 is 2.33. The Bertz CT molecular complexity index is 1930. The van der Waals surface area contributed by atoms with Gasteiger partial charge in [0.2, 0.25) is 0 Å². The number of fused-ring (bicyclic) bond motifs is 1. The zero-order valence-electron chi connectivity index (χ0n) is 29.1. The molecule has 0 aliphatic rings. The average molecular weight is 624 g/mol. The van der Waals surface area contributed by atoms with Crippen LogP contribution < -0.4 is 10.6 Å². The Morgan fingerprint density at radius 1 is 1.02 bits per heavy atom. The van der Waals surface area contributed by atoms with Crippen LogP contribution in [0.25, 0.3) is 28.4 Å². The van der Waals surface area contributed by atoms with Crippen molar-refractivity contribution in [2.45, 2.75) is 61.3 Å². The van der Waals surface area contributed by atoms with Crippen LogP contribution in [0.2, 0.25) is 0 Å². The van der Waals surface area contributed by atoms with E-state index < -0.39 is 0 Å². The van der Waals surface area contributed by atoms with Crippen molar-refractivity contribution in [1.82, 2.24) is 9.47 Å². The number of rotatable bonds is 14. The van der Waals surface area contributed by atoms with E-state index in [2.05, 4.69) is 142 Å². The van der Waals surface area contributed by atoms with Crippen LogP contribution in [0.1, 0.15) is 61.3 Å². The van der Waals surface area contributed by atoms with Crippen molar-refractivity contribution in [3.05, 3.63) is 124 Å². The molecule has 242 valence electrons. The molecule has 0 radical (unpaired) electrons. The fraction of sp³-hybridized carbons (Fsp3) is 0.262. The molecule has 0 aliphatic heterocycles. The van der Waals surface area contributed by atoms with Gasteiger partial charge in [0.05, 0.1) is 16.6 Å². The first-order chi connectivity index (χ1) is 22.5. The number of hydrogen-bond acceptors (Lipinski definition) is 4. The molecule has 0 spiro atoms. The third-order valence-electron chi connectivity index (χ3n) is 8.37. The van der Waals surface area contributed by atoms with Gasteiger partial charge in [0, 0.05) is 52.4 Å². The van der Waals surface area contributed by atoms with E-state index in [4.69, 9.17) is 16.8 Å². The maximum absolute atomic E-state index is 7.55. The zero-order chi connectivity index (χ0) is 34.5. The molecule has 0 bridgehead atoms. The Balaban J connectivity index is 2.28. The van der Waals surface area contributed by atoms with Gasteiger partial charge < -0.3 is 14.9 Å². The van der Waals surface area contributed by atoms with Crippen LogP contribution in [0.4, 0.5) is 0 Å². The first kappa shape index (κ1) is 36.3. The standard InChI is InChI=1S/C42H49N5/c1-11-12-20-39-38-21-16-17-22-41(38)47(37-18-14-13-15-19-37)42(39)36(9)46(35(8)30(2)3)29-45-40(25-26-44-10)32(5)24-23-31(4)27-33(6)34(7)28-43/h1,13-26,28,34,43H,6,10,12,27,29H2,2-5,7-9H3/b26-25-,31-23-,32-24+,39-20-,42-36-,43-28?,45-40?. The monoisotopic (exact) mass is 623 g/mol. The van der Waals surface area contributed by atoms with Gasteiger partial charge in [-0.25, -0.2) is 0 Å². The molecule has 2 aromatic carbocycles. The van der Waals surface area contributed by atoms with Crippen molar-refractivity contribution < 1.29 is 0 Å². The van der Waals surface area contributed by atoms with Crippen molar-refractivity contribution in [1.29, 1.82) is 5.41 Å². The number of allylic oxidation sites excluding steroid dienone is 8. The molecule has 0 aliphatic carbocycles. The molecule has 0 saturated heterocycles. The molecule has 3 rings (SSSR count). The second-order valence-corrected chi connectivity index (χ2v) is 12.0. The summed E-state index contributed by atoms with van der Waals surface area (Å²) in [6.45, 7) is 22.9.